The third kappa shape index (κ3) is 3.72. The Balaban J connectivity index is 1.76. The van der Waals surface area contributed by atoms with Crippen LogP contribution >= 0.6 is 0 Å². The molecule has 0 aromatic heterocycles. The van der Waals surface area contributed by atoms with Gasteiger partial charge in [0.15, 0.2) is 0 Å². The summed E-state index contributed by atoms with van der Waals surface area (Å²) in [5.41, 5.74) is 5.88. The molecule has 114 valence electrons. The fourth-order valence-electron chi connectivity index (χ4n) is 2.90. The molecule has 1 heterocycles. The van der Waals surface area contributed by atoms with E-state index in [0.29, 0.717) is 44.9 Å². The van der Waals surface area contributed by atoms with Gasteiger partial charge in [-0.2, -0.15) is 0 Å². The van der Waals surface area contributed by atoms with E-state index in [-0.39, 0.29) is 17.4 Å². The van der Waals surface area contributed by atoms with E-state index in [1.807, 2.05) is 9.80 Å². The van der Waals surface area contributed by atoms with Crippen molar-refractivity contribution in [3.05, 3.63) is 0 Å². The summed E-state index contributed by atoms with van der Waals surface area (Å²) in [4.78, 5) is 27.9. The van der Waals surface area contributed by atoms with Gasteiger partial charge in [-0.15, -0.1) is 0 Å². The Labute approximate surface area is 121 Å². The number of carbonyl (C=O) groups excluding carboxylic acids is 2. The van der Waals surface area contributed by atoms with Crippen LogP contribution in [0.4, 0.5) is 0 Å². The highest BCUT2D eigenvalue weighted by molar-refractivity contribution is 5.79. The average molecular weight is 281 g/mol. The summed E-state index contributed by atoms with van der Waals surface area (Å²) in [5.74, 6) is 0.752. The maximum Gasteiger partial charge on any atom is 0.224 e. The molecule has 1 aliphatic carbocycles. The maximum atomic E-state index is 12.2. The first-order valence-corrected chi connectivity index (χ1v) is 7.74. The van der Waals surface area contributed by atoms with Crippen LogP contribution in [-0.2, 0) is 9.59 Å². The van der Waals surface area contributed by atoms with E-state index >= 15 is 0 Å². The molecule has 0 aromatic carbocycles. The Bertz CT molecular complexity index is 369. The molecule has 5 heteroatoms. The predicted octanol–water partition coefficient (Wildman–Crippen LogP) is 0.975. The van der Waals surface area contributed by atoms with Crippen LogP contribution in [0.3, 0.4) is 0 Å². The van der Waals surface area contributed by atoms with Gasteiger partial charge < -0.3 is 15.5 Å². The molecule has 2 amide bonds. The molecule has 1 saturated carbocycles. The number of hydrogen-bond donors (Lipinski definition) is 1. The third-order valence-corrected chi connectivity index (χ3v) is 4.42. The molecule has 2 rings (SSSR count). The highest BCUT2D eigenvalue weighted by atomic mass is 16.2. The van der Waals surface area contributed by atoms with Gasteiger partial charge in [-0.05, 0) is 25.2 Å². The van der Waals surface area contributed by atoms with Gasteiger partial charge in [0.1, 0.15) is 0 Å². The Morgan fingerprint density at radius 3 is 1.95 bits per heavy atom. The minimum atomic E-state index is -0.248. The van der Waals surface area contributed by atoms with Gasteiger partial charge in [0.2, 0.25) is 11.8 Å². The molecule has 0 spiro atoms. The average Bonchev–Trinajstić information content (AvgIpc) is 2.36. The smallest absolute Gasteiger partial charge is 0.224 e. The lowest BCUT2D eigenvalue weighted by Crippen LogP contribution is -2.55. The second-order valence-electron chi connectivity index (χ2n) is 6.75. The van der Waals surface area contributed by atoms with Crippen molar-refractivity contribution in [2.75, 3.05) is 26.2 Å². The third-order valence-electron chi connectivity index (χ3n) is 4.42. The molecule has 2 aliphatic rings. The summed E-state index contributed by atoms with van der Waals surface area (Å²) >= 11 is 0. The first kappa shape index (κ1) is 15.3. The Kier molecular flexibility index (Phi) is 4.68. The summed E-state index contributed by atoms with van der Waals surface area (Å²) in [6.07, 6.45) is 4.13. The van der Waals surface area contributed by atoms with E-state index in [2.05, 4.69) is 13.8 Å². The zero-order valence-electron chi connectivity index (χ0n) is 12.7. The van der Waals surface area contributed by atoms with Crippen LogP contribution in [-0.4, -0.2) is 53.3 Å². The lowest BCUT2D eigenvalue weighted by Gasteiger charge is -2.41. The van der Waals surface area contributed by atoms with Crippen LogP contribution in [0.15, 0.2) is 0 Å². The number of nitrogens with zero attached hydrogens (tertiary/aromatic N) is 2. The van der Waals surface area contributed by atoms with E-state index in [1.165, 1.54) is 0 Å². The Morgan fingerprint density at radius 2 is 1.55 bits per heavy atom. The van der Waals surface area contributed by atoms with E-state index in [0.717, 1.165) is 19.3 Å². The zero-order valence-corrected chi connectivity index (χ0v) is 12.7. The van der Waals surface area contributed by atoms with Crippen molar-refractivity contribution in [1.82, 2.24) is 9.80 Å². The quantitative estimate of drug-likeness (QED) is 0.835. The van der Waals surface area contributed by atoms with Crippen LogP contribution in [0.5, 0.6) is 0 Å². The van der Waals surface area contributed by atoms with Gasteiger partial charge in [0, 0.05) is 44.6 Å². The van der Waals surface area contributed by atoms with Gasteiger partial charge in [0.05, 0.1) is 0 Å². The first-order valence-electron chi connectivity index (χ1n) is 7.74. The number of rotatable bonds is 4. The number of nitrogens with two attached hydrogens (primary N) is 1. The number of amides is 2. The number of carbonyl (C=O) groups is 2. The van der Waals surface area contributed by atoms with E-state index in [1.54, 1.807) is 0 Å². The Morgan fingerprint density at radius 1 is 1.05 bits per heavy atom. The highest BCUT2D eigenvalue weighted by Gasteiger charge is 2.36. The minimum Gasteiger partial charge on any atom is -0.339 e. The molecule has 0 radical (unpaired) electrons. The fourth-order valence-corrected chi connectivity index (χ4v) is 2.90. The standard InChI is InChI=1S/C15H27N3O2/c1-12(2)10-13(19)17-6-8-18(9-7-17)14(20)11-15(16)4-3-5-15/h12H,3-11,16H2,1-2H3. The molecule has 5 nitrogen and oxygen atoms in total. The molecule has 0 unspecified atom stereocenters. The molecular weight excluding hydrogens is 254 g/mol. The molecule has 0 aromatic rings. The van der Waals surface area contributed by atoms with Crippen molar-refractivity contribution in [1.29, 1.82) is 0 Å². The molecule has 2 fully saturated rings. The zero-order chi connectivity index (χ0) is 14.8. The second kappa shape index (κ2) is 6.12. The SMILES string of the molecule is CC(C)CC(=O)N1CCN(C(=O)CC2(N)CCC2)CC1. The second-order valence-corrected chi connectivity index (χ2v) is 6.75. The van der Waals surface area contributed by atoms with Crippen LogP contribution in [0.1, 0.15) is 46.0 Å². The van der Waals surface area contributed by atoms with Crippen LogP contribution in [0.2, 0.25) is 0 Å². The predicted molar refractivity (Wildman–Crippen MR) is 78.0 cm³/mol. The van der Waals surface area contributed by atoms with Crippen molar-refractivity contribution in [3.8, 4) is 0 Å². The molecule has 2 N–H and O–H groups in total. The van der Waals surface area contributed by atoms with Crippen molar-refractivity contribution >= 4 is 11.8 Å². The van der Waals surface area contributed by atoms with Crippen LogP contribution in [0.25, 0.3) is 0 Å². The molecule has 1 aliphatic heterocycles. The maximum absolute atomic E-state index is 12.2. The van der Waals surface area contributed by atoms with Crippen LogP contribution in [0, 0.1) is 5.92 Å². The normalized spacial score (nSPS) is 21.8. The lowest BCUT2D eigenvalue weighted by atomic mass is 9.75. The molecule has 1 saturated heterocycles. The molecular formula is C15H27N3O2. The van der Waals surface area contributed by atoms with Crippen LogP contribution < -0.4 is 5.73 Å². The number of hydrogen-bond acceptors (Lipinski definition) is 3. The molecule has 0 atom stereocenters. The minimum absolute atomic E-state index is 0.156. The van der Waals surface area contributed by atoms with Gasteiger partial charge >= 0.3 is 0 Å². The summed E-state index contributed by atoms with van der Waals surface area (Å²) < 4.78 is 0. The molecule has 20 heavy (non-hydrogen) atoms. The fraction of sp³-hybridized carbons (Fsp3) is 0.867. The summed E-state index contributed by atoms with van der Waals surface area (Å²) in [6, 6.07) is 0. The molecule has 0 bridgehead atoms. The van der Waals surface area contributed by atoms with Gasteiger partial charge in [-0.25, -0.2) is 0 Å². The van der Waals surface area contributed by atoms with Crippen molar-refractivity contribution < 1.29 is 9.59 Å². The van der Waals surface area contributed by atoms with Gasteiger partial charge in [0.25, 0.3) is 0 Å². The number of piperazine rings is 1. The lowest BCUT2D eigenvalue weighted by molar-refractivity contribution is -0.141. The topological polar surface area (TPSA) is 66.6 Å². The summed E-state index contributed by atoms with van der Waals surface area (Å²) in [7, 11) is 0. The summed E-state index contributed by atoms with van der Waals surface area (Å²) in [5, 5.41) is 0. The monoisotopic (exact) mass is 281 g/mol. The van der Waals surface area contributed by atoms with Crippen molar-refractivity contribution in [3.63, 3.8) is 0 Å². The van der Waals surface area contributed by atoms with Crippen molar-refractivity contribution in [2.24, 2.45) is 11.7 Å². The highest BCUT2D eigenvalue weighted by Crippen LogP contribution is 2.32. The Hall–Kier alpha value is -1.10. The largest absolute Gasteiger partial charge is 0.339 e. The first-order chi connectivity index (χ1) is 9.39. The van der Waals surface area contributed by atoms with Gasteiger partial charge in [-0.3, -0.25) is 9.59 Å². The van der Waals surface area contributed by atoms with E-state index in [9.17, 15) is 9.59 Å². The summed E-state index contributed by atoms with van der Waals surface area (Å²) in [6.45, 7) is 6.73. The van der Waals surface area contributed by atoms with Crippen molar-refractivity contribution in [2.45, 2.75) is 51.5 Å². The van der Waals surface area contributed by atoms with E-state index < -0.39 is 0 Å². The van der Waals surface area contributed by atoms with Gasteiger partial charge in [-0.1, -0.05) is 13.8 Å². The van der Waals surface area contributed by atoms with E-state index in [4.69, 9.17) is 5.73 Å².